The fraction of sp³-hybridized carbons (Fsp3) is 0.846. The van der Waals surface area contributed by atoms with Crippen LogP contribution in [-0.2, 0) is 0 Å². The van der Waals surface area contributed by atoms with Gasteiger partial charge >= 0.3 is 0 Å². The average molecular weight is 419 g/mol. The van der Waals surface area contributed by atoms with Crippen LogP contribution in [0, 0.1) is 23.7 Å². The van der Waals surface area contributed by atoms with Crippen LogP contribution in [-0.4, -0.2) is 60.0 Å². The number of hydrogen-bond donors (Lipinski definition) is 3. The molecule has 0 bridgehead atoms. The van der Waals surface area contributed by atoms with E-state index in [2.05, 4.69) is 36.2 Å². The zero-order chi connectivity index (χ0) is 21.3. The fourth-order valence-electron chi connectivity index (χ4n) is 5.83. The third-order valence-electron chi connectivity index (χ3n) is 7.63. The molecule has 0 radical (unpaired) electrons. The zero-order valence-electron chi connectivity index (χ0n) is 19.4. The smallest absolute Gasteiger partial charge is 0.0723 e. The lowest BCUT2D eigenvalue weighted by Crippen LogP contribution is -2.30. The monoisotopic (exact) mass is 418 g/mol. The number of unbranched alkanes of at least 4 members (excludes halogenated alkanes) is 1. The molecule has 0 aromatic rings. The number of nitrogens with zero attached hydrogens (tertiary/aromatic N) is 1. The van der Waals surface area contributed by atoms with Gasteiger partial charge in [-0.15, -0.1) is 0 Å². The minimum atomic E-state index is -0.378. The maximum absolute atomic E-state index is 10.6. The highest BCUT2D eigenvalue weighted by Crippen LogP contribution is 2.47. The van der Waals surface area contributed by atoms with Crippen molar-refractivity contribution in [2.75, 3.05) is 32.7 Å². The van der Waals surface area contributed by atoms with Gasteiger partial charge in [-0.1, -0.05) is 56.9 Å². The Bertz CT molecular complexity index is 555. The van der Waals surface area contributed by atoms with Gasteiger partial charge < -0.3 is 20.4 Å². The van der Waals surface area contributed by atoms with E-state index in [-0.39, 0.29) is 18.1 Å². The molecule has 2 fully saturated rings. The van der Waals surface area contributed by atoms with Gasteiger partial charge in [0.2, 0.25) is 0 Å². The first-order valence-electron chi connectivity index (χ1n) is 12.7. The summed E-state index contributed by atoms with van der Waals surface area (Å²) in [5.74, 6) is 1.81. The molecule has 6 atom stereocenters. The van der Waals surface area contributed by atoms with Crippen molar-refractivity contribution in [3.05, 3.63) is 23.8 Å². The van der Waals surface area contributed by atoms with E-state index >= 15 is 0 Å². The largest absolute Gasteiger partial charge is 0.392 e. The van der Waals surface area contributed by atoms with Crippen molar-refractivity contribution in [1.29, 1.82) is 0 Å². The molecule has 172 valence electrons. The van der Waals surface area contributed by atoms with Crippen LogP contribution in [0.5, 0.6) is 0 Å². The van der Waals surface area contributed by atoms with Gasteiger partial charge in [-0.3, -0.25) is 0 Å². The van der Waals surface area contributed by atoms with Crippen LogP contribution in [0.4, 0.5) is 0 Å². The molecule has 0 unspecified atom stereocenters. The first-order chi connectivity index (χ1) is 14.6. The summed E-state index contributed by atoms with van der Waals surface area (Å²) in [4.78, 5) is 2.56. The number of allylic oxidation sites excluding steroid dienone is 1. The quantitative estimate of drug-likeness (QED) is 0.311. The average Bonchev–Trinajstić information content (AvgIpc) is 3.42. The predicted molar refractivity (Wildman–Crippen MR) is 125 cm³/mol. The predicted octanol–water partition coefficient (Wildman–Crippen LogP) is 4.14. The molecule has 4 heteroatoms. The molecule has 4 nitrogen and oxygen atoms in total. The number of nitrogens with one attached hydrogen (secondary N) is 1. The molecule has 0 aromatic heterocycles. The number of likely N-dealkylation sites (tertiary alicyclic amines) is 1. The third kappa shape index (κ3) is 7.19. The highest BCUT2D eigenvalue weighted by molar-refractivity contribution is 5.21. The number of fused-ring (bicyclic) bond motifs is 1. The lowest BCUT2D eigenvalue weighted by atomic mass is 9.88. The Morgan fingerprint density at radius 1 is 1.27 bits per heavy atom. The molecule has 3 aliphatic rings. The van der Waals surface area contributed by atoms with Crippen LogP contribution in [0.2, 0.25) is 0 Å². The lowest BCUT2D eigenvalue weighted by Gasteiger charge is -2.20. The number of hydrogen-bond acceptors (Lipinski definition) is 4. The Morgan fingerprint density at radius 3 is 2.83 bits per heavy atom. The van der Waals surface area contributed by atoms with Gasteiger partial charge in [0.1, 0.15) is 0 Å². The van der Waals surface area contributed by atoms with Gasteiger partial charge in [0.15, 0.2) is 0 Å². The Labute approximate surface area is 184 Å². The molecule has 0 aromatic carbocycles. The molecule has 3 N–H and O–H groups in total. The number of aliphatic hydroxyl groups excluding tert-OH is 2. The summed E-state index contributed by atoms with van der Waals surface area (Å²) in [6.07, 6.45) is 16.3. The summed E-state index contributed by atoms with van der Waals surface area (Å²) in [7, 11) is 0. The molecule has 1 saturated heterocycles. The van der Waals surface area contributed by atoms with Crippen molar-refractivity contribution in [2.24, 2.45) is 23.7 Å². The Hall–Kier alpha value is -0.680. The number of aliphatic hydroxyl groups is 2. The van der Waals surface area contributed by atoms with Crippen LogP contribution >= 0.6 is 0 Å². The zero-order valence-corrected chi connectivity index (χ0v) is 19.4. The van der Waals surface area contributed by atoms with E-state index < -0.39 is 0 Å². The van der Waals surface area contributed by atoms with Crippen molar-refractivity contribution in [2.45, 2.75) is 83.8 Å². The standard InChI is InChI=1S/C26H46N2O2/c1-3-4-7-20(2)16-23(29)8-9-24-25-18-21(17-22(25)19-26(24)30)10-11-27-12-15-28-13-5-6-14-28/h8-9,17,20,22-27,29-30H,3-7,10-16,18-19H2,1-2H3/t20-,22-,23+,24+,25-,26+/m0/s1. The van der Waals surface area contributed by atoms with Crippen molar-refractivity contribution >= 4 is 0 Å². The SMILES string of the molecule is CCCC[C@H](C)C[C@H](O)C=C[C@@H]1[C@H]2CC(CCNCCN3CCCC3)=C[C@H]2C[C@H]1O. The van der Waals surface area contributed by atoms with Gasteiger partial charge in [0, 0.05) is 19.0 Å². The van der Waals surface area contributed by atoms with Gasteiger partial charge in [-0.05, 0) is 75.9 Å². The molecule has 3 rings (SSSR count). The molecular weight excluding hydrogens is 372 g/mol. The second kappa shape index (κ2) is 12.4. The minimum absolute atomic E-state index is 0.201. The summed E-state index contributed by atoms with van der Waals surface area (Å²) in [6, 6.07) is 0. The Balaban J connectivity index is 1.36. The summed E-state index contributed by atoms with van der Waals surface area (Å²) >= 11 is 0. The highest BCUT2D eigenvalue weighted by Gasteiger charge is 2.43. The highest BCUT2D eigenvalue weighted by atomic mass is 16.3. The molecule has 1 heterocycles. The summed E-state index contributed by atoms with van der Waals surface area (Å²) in [6.45, 7) is 10.4. The van der Waals surface area contributed by atoms with E-state index in [1.807, 2.05) is 6.08 Å². The van der Waals surface area contributed by atoms with Crippen molar-refractivity contribution < 1.29 is 10.2 Å². The molecule has 0 amide bonds. The van der Waals surface area contributed by atoms with Gasteiger partial charge in [-0.25, -0.2) is 0 Å². The van der Waals surface area contributed by atoms with E-state index in [1.54, 1.807) is 5.57 Å². The fourth-order valence-corrected chi connectivity index (χ4v) is 5.83. The summed E-state index contributed by atoms with van der Waals surface area (Å²) in [5, 5.41) is 24.6. The van der Waals surface area contributed by atoms with Crippen molar-refractivity contribution in [3.63, 3.8) is 0 Å². The molecule has 0 spiro atoms. The minimum Gasteiger partial charge on any atom is -0.392 e. The molecule has 1 aliphatic heterocycles. The van der Waals surface area contributed by atoms with Gasteiger partial charge in [0.05, 0.1) is 12.2 Å². The van der Waals surface area contributed by atoms with Crippen LogP contribution in [0.15, 0.2) is 23.8 Å². The summed E-state index contributed by atoms with van der Waals surface area (Å²) < 4.78 is 0. The van der Waals surface area contributed by atoms with E-state index in [4.69, 9.17) is 0 Å². The maximum Gasteiger partial charge on any atom is 0.0723 e. The second-order valence-electron chi connectivity index (χ2n) is 10.2. The molecular formula is C26H46N2O2. The van der Waals surface area contributed by atoms with E-state index in [0.29, 0.717) is 17.8 Å². The molecule has 30 heavy (non-hydrogen) atoms. The van der Waals surface area contributed by atoms with Crippen LogP contribution in [0.25, 0.3) is 0 Å². The number of rotatable bonds is 13. The molecule has 2 aliphatic carbocycles. The maximum atomic E-state index is 10.6. The third-order valence-corrected chi connectivity index (χ3v) is 7.63. The Morgan fingerprint density at radius 2 is 2.07 bits per heavy atom. The van der Waals surface area contributed by atoms with Crippen LogP contribution in [0.3, 0.4) is 0 Å². The Kier molecular flexibility index (Phi) is 9.89. The summed E-state index contributed by atoms with van der Waals surface area (Å²) in [5.41, 5.74) is 1.57. The molecule has 1 saturated carbocycles. The lowest BCUT2D eigenvalue weighted by molar-refractivity contribution is 0.139. The first-order valence-corrected chi connectivity index (χ1v) is 12.7. The van der Waals surface area contributed by atoms with E-state index in [1.165, 1.54) is 51.7 Å². The normalized spacial score (nSPS) is 31.4. The van der Waals surface area contributed by atoms with Crippen LogP contribution < -0.4 is 5.32 Å². The topological polar surface area (TPSA) is 55.7 Å². The second-order valence-corrected chi connectivity index (χ2v) is 10.2. The van der Waals surface area contributed by atoms with Crippen LogP contribution in [0.1, 0.15) is 71.6 Å². The van der Waals surface area contributed by atoms with Gasteiger partial charge in [-0.2, -0.15) is 0 Å². The first kappa shape index (κ1) is 24.0. The van der Waals surface area contributed by atoms with E-state index in [0.717, 1.165) is 38.8 Å². The van der Waals surface area contributed by atoms with E-state index in [9.17, 15) is 10.2 Å². The van der Waals surface area contributed by atoms with Gasteiger partial charge in [0.25, 0.3) is 0 Å². The van der Waals surface area contributed by atoms with Crippen molar-refractivity contribution in [3.8, 4) is 0 Å². The van der Waals surface area contributed by atoms with Crippen molar-refractivity contribution in [1.82, 2.24) is 10.2 Å².